The molecule has 2 heterocycles. The van der Waals surface area contributed by atoms with E-state index in [-0.39, 0.29) is 22.5 Å². The number of piperazine rings is 1. The highest BCUT2D eigenvalue weighted by Gasteiger charge is 2.35. The Hall–Kier alpha value is -2.59. The Morgan fingerprint density at radius 2 is 1.82 bits per heavy atom. The van der Waals surface area contributed by atoms with Crippen molar-refractivity contribution in [1.82, 2.24) is 19.4 Å². The van der Waals surface area contributed by atoms with Crippen molar-refractivity contribution in [2.75, 3.05) is 37.7 Å². The van der Waals surface area contributed by atoms with Crippen LogP contribution in [0.4, 0.5) is 5.69 Å². The fourth-order valence-corrected chi connectivity index (χ4v) is 6.16. The molecule has 1 aliphatic carbocycles. The van der Waals surface area contributed by atoms with Crippen molar-refractivity contribution < 1.29 is 17.9 Å². The number of hydrogen-bond acceptors (Lipinski definition) is 6. The second-order valence-electron chi connectivity index (χ2n) is 8.62. The number of carbonyl (C=O) groups excluding carboxylic acids is 1. The molecule has 1 saturated carbocycles. The SMILES string of the molecule is CCOc1ccccc1N1CCN(S(=O)(=O)c2nn(C)cc2C(=O)NC2CCCCC2)CC1. The molecule has 0 spiro atoms. The van der Waals surface area contributed by atoms with Gasteiger partial charge in [0.15, 0.2) is 0 Å². The molecule has 0 radical (unpaired) electrons. The summed E-state index contributed by atoms with van der Waals surface area (Å²) in [5.41, 5.74) is 1.08. The monoisotopic (exact) mass is 475 g/mol. The van der Waals surface area contributed by atoms with Gasteiger partial charge in [0.2, 0.25) is 5.03 Å². The molecule has 2 fully saturated rings. The lowest BCUT2D eigenvalue weighted by Crippen LogP contribution is -2.49. The molecule has 10 heteroatoms. The first kappa shape index (κ1) is 23.6. The summed E-state index contributed by atoms with van der Waals surface area (Å²) in [7, 11) is -2.26. The number of amides is 1. The van der Waals surface area contributed by atoms with Crippen LogP contribution in [0.25, 0.3) is 0 Å². The van der Waals surface area contributed by atoms with Crippen molar-refractivity contribution in [3.8, 4) is 5.75 Å². The number of aromatic nitrogens is 2. The average molecular weight is 476 g/mol. The first-order valence-electron chi connectivity index (χ1n) is 11.7. The van der Waals surface area contributed by atoms with E-state index < -0.39 is 10.0 Å². The van der Waals surface area contributed by atoms with E-state index in [0.717, 1.165) is 37.1 Å². The third-order valence-corrected chi connectivity index (χ3v) is 8.14. The van der Waals surface area contributed by atoms with E-state index in [9.17, 15) is 13.2 Å². The maximum atomic E-state index is 13.5. The number of rotatable bonds is 7. The number of hydrogen-bond donors (Lipinski definition) is 1. The molecule has 0 unspecified atom stereocenters. The maximum Gasteiger partial charge on any atom is 0.263 e. The zero-order valence-electron chi connectivity index (χ0n) is 19.4. The molecule has 9 nitrogen and oxygen atoms in total. The molecule has 1 saturated heterocycles. The Morgan fingerprint density at radius 1 is 1.12 bits per heavy atom. The standard InChI is InChI=1S/C23H33N5O4S/c1-3-32-21-12-8-7-11-20(21)27-13-15-28(16-14-27)33(30,31)23-19(17-26(2)25-23)22(29)24-18-9-5-4-6-10-18/h7-8,11-12,17-18H,3-6,9-10,13-16H2,1-2H3,(H,24,29). The van der Waals surface area contributed by atoms with Crippen molar-refractivity contribution in [2.45, 2.75) is 50.1 Å². The second kappa shape index (κ2) is 10.1. The van der Waals surface area contributed by atoms with Gasteiger partial charge in [-0.3, -0.25) is 9.48 Å². The van der Waals surface area contributed by atoms with Crippen LogP contribution in [0.3, 0.4) is 0 Å². The van der Waals surface area contributed by atoms with Crippen LogP contribution in [0, 0.1) is 0 Å². The van der Waals surface area contributed by atoms with Gasteiger partial charge in [0.1, 0.15) is 5.75 Å². The van der Waals surface area contributed by atoms with Crippen molar-refractivity contribution in [1.29, 1.82) is 0 Å². The Labute approximate surface area is 195 Å². The molecule has 2 aromatic rings. The highest BCUT2D eigenvalue weighted by Crippen LogP contribution is 2.30. The number of nitrogens with one attached hydrogen (secondary N) is 1. The van der Waals surface area contributed by atoms with Crippen LogP contribution in [-0.4, -0.2) is 67.2 Å². The summed E-state index contributed by atoms with van der Waals surface area (Å²) < 4.78 is 35.5. The number of ether oxygens (including phenoxy) is 1. The molecule has 4 rings (SSSR count). The predicted octanol–water partition coefficient (Wildman–Crippen LogP) is 2.39. The molecule has 33 heavy (non-hydrogen) atoms. The summed E-state index contributed by atoms with van der Waals surface area (Å²) in [5, 5.41) is 7.03. The van der Waals surface area contributed by atoms with Crippen LogP contribution in [0.15, 0.2) is 35.5 Å². The van der Waals surface area contributed by atoms with Crippen LogP contribution in [-0.2, 0) is 17.1 Å². The molecule has 1 N–H and O–H groups in total. The lowest BCUT2D eigenvalue weighted by molar-refractivity contribution is 0.0924. The first-order valence-corrected chi connectivity index (χ1v) is 13.2. The lowest BCUT2D eigenvalue weighted by atomic mass is 9.95. The minimum absolute atomic E-state index is 0.0935. The molecular weight excluding hydrogens is 442 g/mol. The third kappa shape index (κ3) is 5.16. The van der Waals surface area contributed by atoms with E-state index in [1.165, 1.54) is 21.6 Å². The zero-order chi connectivity index (χ0) is 23.4. The summed E-state index contributed by atoms with van der Waals surface area (Å²) >= 11 is 0. The van der Waals surface area contributed by atoms with Crippen molar-refractivity contribution in [3.63, 3.8) is 0 Å². The summed E-state index contributed by atoms with van der Waals surface area (Å²) in [6, 6.07) is 7.88. The van der Waals surface area contributed by atoms with E-state index in [0.29, 0.717) is 32.8 Å². The summed E-state index contributed by atoms with van der Waals surface area (Å²) in [5.74, 6) is 0.431. The highest BCUT2D eigenvalue weighted by atomic mass is 32.2. The normalized spacial score (nSPS) is 18.3. The Balaban J connectivity index is 1.48. The fourth-order valence-electron chi connectivity index (χ4n) is 4.61. The number of anilines is 1. The smallest absolute Gasteiger partial charge is 0.263 e. The number of para-hydroxylation sites is 2. The summed E-state index contributed by atoms with van der Waals surface area (Å²) in [4.78, 5) is 15.1. The zero-order valence-corrected chi connectivity index (χ0v) is 20.2. The molecule has 180 valence electrons. The van der Waals surface area contributed by atoms with Crippen LogP contribution in [0.1, 0.15) is 49.4 Å². The van der Waals surface area contributed by atoms with Crippen LogP contribution >= 0.6 is 0 Å². The van der Waals surface area contributed by atoms with Gasteiger partial charge in [-0.25, -0.2) is 8.42 Å². The number of carbonyl (C=O) groups is 1. The molecular formula is C23H33N5O4S. The van der Waals surface area contributed by atoms with Gasteiger partial charge in [-0.05, 0) is 31.9 Å². The van der Waals surface area contributed by atoms with E-state index >= 15 is 0 Å². The van der Waals surface area contributed by atoms with E-state index in [1.54, 1.807) is 7.05 Å². The Kier molecular flexibility index (Phi) is 7.23. The van der Waals surface area contributed by atoms with Gasteiger partial charge < -0.3 is 15.0 Å². The van der Waals surface area contributed by atoms with E-state index in [1.807, 2.05) is 31.2 Å². The van der Waals surface area contributed by atoms with Gasteiger partial charge in [0.05, 0.1) is 17.9 Å². The van der Waals surface area contributed by atoms with Crippen molar-refractivity contribution in [2.24, 2.45) is 7.05 Å². The minimum atomic E-state index is -3.90. The lowest BCUT2D eigenvalue weighted by Gasteiger charge is -2.35. The average Bonchev–Trinajstić information content (AvgIpc) is 3.23. The predicted molar refractivity (Wildman–Crippen MR) is 126 cm³/mol. The quantitative estimate of drug-likeness (QED) is 0.661. The van der Waals surface area contributed by atoms with Crippen LogP contribution < -0.4 is 15.0 Å². The van der Waals surface area contributed by atoms with Crippen LogP contribution in [0.2, 0.25) is 0 Å². The fraction of sp³-hybridized carbons (Fsp3) is 0.565. The van der Waals surface area contributed by atoms with Gasteiger partial charge in [-0.2, -0.15) is 9.40 Å². The van der Waals surface area contributed by atoms with E-state index in [2.05, 4.69) is 15.3 Å². The highest BCUT2D eigenvalue weighted by molar-refractivity contribution is 7.89. The molecule has 1 amide bonds. The maximum absolute atomic E-state index is 13.5. The van der Waals surface area contributed by atoms with Gasteiger partial charge in [-0.1, -0.05) is 31.4 Å². The second-order valence-corrected chi connectivity index (χ2v) is 10.5. The molecule has 1 aromatic carbocycles. The first-order chi connectivity index (χ1) is 15.9. The molecule has 1 aliphatic heterocycles. The van der Waals surface area contributed by atoms with Gasteiger partial charge in [-0.15, -0.1) is 0 Å². The molecule has 2 aliphatic rings. The summed E-state index contributed by atoms with van der Waals surface area (Å²) in [6.45, 7) is 4.18. The molecule has 0 bridgehead atoms. The largest absolute Gasteiger partial charge is 0.492 e. The number of benzene rings is 1. The van der Waals surface area contributed by atoms with E-state index in [4.69, 9.17) is 4.74 Å². The van der Waals surface area contributed by atoms with Crippen molar-refractivity contribution in [3.05, 3.63) is 36.0 Å². The number of sulfonamides is 1. The van der Waals surface area contributed by atoms with Gasteiger partial charge in [0.25, 0.3) is 15.9 Å². The third-order valence-electron chi connectivity index (χ3n) is 6.31. The van der Waals surface area contributed by atoms with Crippen molar-refractivity contribution >= 4 is 21.6 Å². The number of nitrogens with zero attached hydrogens (tertiary/aromatic N) is 4. The minimum Gasteiger partial charge on any atom is -0.492 e. The summed E-state index contributed by atoms with van der Waals surface area (Å²) in [6.07, 6.45) is 6.71. The molecule has 1 aromatic heterocycles. The Bertz CT molecular complexity index is 1070. The molecule has 0 atom stereocenters. The number of aryl methyl sites for hydroxylation is 1. The van der Waals surface area contributed by atoms with Gasteiger partial charge >= 0.3 is 0 Å². The van der Waals surface area contributed by atoms with Crippen LogP contribution in [0.5, 0.6) is 5.75 Å². The Morgan fingerprint density at radius 3 is 2.52 bits per heavy atom. The van der Waals surface area contributed by atoms with Gasteiger partial charge in [0, 0.05) is 45.5 Å². The topological polar surface area (TPSA) is 96.8 Å².